The third-order valence-electron chi connectivity index (χ3n) is 1.66. The second-order valence-corrected chi connectivity index (χ2v) is 10.1. The summed E-state index contributed by atoms with van der Waals surface area (Å²) in [5.74, 6) is 0.244. The Morgan fingerprint density at radius 2 is 1.84 bits per heavy atom. The molecular formula is C8H12Cl3N4O3P. The Kier molecular flexibility index (Phi) is 7.59. The normalized spacial score (nSPS) is 12.1. The molecule has 108 valence electrons. The van der Waals surface area contributed by atoms with E-state index in [0.29, 0.717) is 5.82 Å². The Labute approximate surface area is 123 Å². The maximum Gasteiger partial charge on any atom is 0.339 e. The first-order chi connectivity index (χ1) is 8.50. The first-order valence-electron chi connectivity index (χ1n) is 4.90. The van der Waals surface area contributed by atoms with E-state index in [4.69, 9.17) is 0 Å². The lowest BCUT2D eigenvalue weighted by Crippen LogP contribution is -2.30. The quantitative estimate of drug-likeness (QED) is 0.798. The van der Waals surface area contributed by atoms with Gasteiger partial charge in [-0.2, -0.15) is 0 Å². The summed E-state index contributed by atoms with van der Waals surface area (Å²) in [6.45, 7) is 4.70. The van der Waals surface area contributed by atoms with Crippen LogP contribution in [0.15, 0.2) is 4.79 Å². The Balaban J connectivity index is 0.000000555. The van der Waals surface area contributed by atoms with Gasteiger partial charge in [-0.05, 0) is 47.6 Å². The van der Waals surface area contributed by atoms with E-state index in [0.717, 1.165) is 0 Å². The summed E-state index contributed by atoms with van der Waals surface area (Å²) in [7, 11) is 0. The number of nitrogens with one attached hydrogen (secondary N) is 2. The molecule has 0 aliphatic heterocycles. The van der Waals surface area contributed by atoms with Crippen molar-refractivity contribution in [1.29, 1.82) is 0 Å². The summed E-state index contributed by atoms with van der Waals surface area (Å²) >= 11 is 13.8. The van der Waals surface area contributed by atoms with Gasteiger partial charge in [0, 0.05) is 6.92 Å². The van der Waals surface area contributed by atoms with Gasteiger partial charge in [-0.3, -0.25) is 14.2 Å². The van der Waals surface area contributed by atoms with E-state index in [1.807, 2.05) is 0 Å². The number of hydrogen-bond donors (Lipinski definition) is 2. The maximum absolute atomic E-state index is 11.4. The molecule has 1 atom stereocenters. The van der Waals surface area contributed by atoms with Crippen LogP contribution in [0.3, 0.4) is 0 Å². The fraction of sp³-hybridized carbons (Fsp3) is 0.500. The van der Waals surface area contributed by atoms with Crippen LogP contribution >= 0.6 is 38.9 Å². The number of hydrogen-bond acceptors (Lipinski definition) is 5. The highest BCUT2D eigenvalue weighted by molar-refractivity contribution is 8.24. The average Bonchev–Trinajstić information content (AvgIpc) is 2.12. The van der Waals surface area contributed by atoms with Crippen LogP contribution in [0, 0.1) is 6.92 Å². The second kappa shape index (κ2) is 7.85. The van der Waals surface area contributed by atoms with E-state index in [9.17, 15) is 14.2 Å². The molecule has 1 amide bonds. The van der Waals surface area contributed by atoms with Gasteiger partial charge in [-0.1, -0.05) is 0 Å². The van der Waals surface area contributed by atoms with E-state index in [-0.39, 0.29) is 17.2 Å². The molecule has 0 fully saturated rings. The molecule has 1 heterocycles. The van der Waals surface area contributed by atoms with Crippen LogP contribution in [0.5, 0.6) is 0 Å². The summed E-state index contributed by atoms with van der Waals surface area (Å²) in [5, 5.41) is 6.77. The van der Waals surface area contributed by atoms with E-state index >= 15 is 0 Å². The topological polar surface area (TPSA) is 105 Å². The van der Waals surface area contributed by atoms with Crippen LogP contribution in [0.1, 0.15) is 31.4 Å². The number of aromatic nitrogens is 3. The fourth-order valence-corrected chi connectivity index (χ4v) is 1.08. The Bertz CT molecular complexity index is 536. The van der Waals surface area contributed by atoms with Crippen molar-refractivity contribution in [3.63, 3.8) is 0 Å². The predicted octanol–water partition coefficient (Wildman–Crippen LogP) is 2.48. The first kappa shape index (κ1) is 18.4. The highest BCUT2D eigenvalue weighted by Gasteiger charge is 2.12. The minimum Gasteiger partial charge on any atom is -0.348 e. The minimum atomic E-state index is -3.22. The SMILES string of the molecule is CC(=O)NC(C)c1nnc(C)[nH]c1=O.O=P(Cl)(Cl)Cl. The number of carbonyl (C=O) groups is 1. The third kappa shape index (κ3) is 9.90. The van der Waals surface area contributed by atoms with Crippen LogP contribution in [0.4, 0.5) is 0 Å². The number of rotatable bonds is 2. The summed E-state index contributed by atoms with van der Waals surface area (Å²) in [6, 6.07) is -0.427. The van der Waals surface area contributed by atoms with Crippen LogP contribution in [-0.2, 0) is 9.36 Å². The van der Waals surface area contributed by atoms with Gasteiger partial charge < -0.3 is 10.3 Å². The molecule has 1 unspecified atom stereocenters. The average molecular weight is 350 g/mol. The lowest BCUT2D eigenvalue weighted by atomic mass is 10.2. The number of H-pyrrole nitrogens is 1. The van der Waals surface area contributed by atoms with E-state index < -0.39 is 11.2 Å². The molecule has 1 rings (SSSR count). The van der Waals surface area contributed by atoms with Crippen LogP contribution in [-0.4, -0.2) is 21.1 Å². The molecule has 0 aromatic carbocycles. The molecule has 0 spiro atoms. The number of halogens is 3. The smallest absolute Gasteiger partial charge is 0.339 e. The monoisotopic (exact) mass is 348 g/mol. The van der Waals surface area contributed by atoms with Gasteiger partial charge in [-0.25, -0.2) is 0 Å². The lowest BCUT2D eigenvalue weighted by Gasteiger charge is -2.09. The van der Waals surface area contributed by atoms with Crippen molar-refractivity contribution < 1.29 is 9.36 Å². The molecule has 19 heavy (non-hydrogen) atoms. The number of aryl methyl sites for hydroxylation is 1. The molecule has 0 bridgehead atoms. The second-order valence-electron chi connectivity index (χ2n) is 3.45. The molecule has 0 aliphatic rings. The van der Waals surface area contributed by atoms with Crippen molar-refractivity contribution in [2.45, 2.75) is 26.8 Å². The molecule has 0 aliphatic carbocycles. The fourth-order valence-electron chi connectivity index (χ4n) is 1.08. The van der Waals surface area contributed by atoms with Gasteiger partial charge in [0.1, 0.15) is 11.5 Å². The molecule has 1 aromatic heterocycles. The number of nitrogens with zero attached hydrogens (tertiary/aromatic N) is 2. The predicted molar refractivity (Wildman–Crippen MR) is 74.8 cm³/mol. The standard InChI is InChI=1S/C8H12N4O2.Cl3OP/c1-4(9-6(3)13)7-8(14)10-5(2)11-12-7;1-5(2,3)4/h4H,1-3H3,(H,9,13)(H,10,11,14);. The van der Waals surface area contributed by atoms with E-state index in [2.05, 4.69) is 54.2 Å². The zero-order chi connectivity index (χ0) is 15.2. The van der Waals surface area contributed by atoms with Crippen molar-refractivity contribution in [2.24, 2.45) is 0 Å². The summed E-state index contributed by atoms with van der Waals surface area (Å²) in [4.78, 5) is 24.6. The lowest BCUT2D eigenvalue weighted by molar-refractivity contribution is -0.119. The largest absolute Gasteiger partial charge is 0.348 e. The van der Waals surface area contributed by atoms with Gasteiger partial charge in [0.05, 0.1) is 6.04 Å². The molecule has 0 radical (unpaired) electrons. The molecule has 2 N–H and O–H groups in total. The Morgan fingerprint density at radius 1 is 1.37 bits per heavy atom. The van der Waals surface area contributed by atoms with Crippen molar-refractivity contribution in [1.82, 2.24) is 20.5 Å². The Hall–Kier alpha value is -0.620. The third-order valence-corrected chi connectivity index (χ3v) is 1.66. The van der Waals surface area contributed by atoms with E-state index in [1.165, 1.54) is 6.92 Å². The van der Waals surface area contributed by atoms with Crippen molar-refractivity contribution in [2.75, 3.05) is 0 Å². The molecule has 7 nitrogen and oxygen atoms in total. The van der Waals surface area contributed by atoms with Gasteiger partial charge in [0.15, 0.2) is 0 Å². The summed E-state index contributed by atoms with van der Waals surface area (Å²) in [5.41, 5.74) is -0.107. The molecular weight excluding hydrogens is 337 g/mol. The van der Waals surface area contributed by atoms with Crippen molar-refractivity contribution in [3.05, 3.63) is 21.9 Å². The van der Waals surface area contributed by atoms with Gasteiger partial charge >= 0.3 is 5.20 Å². The van der Waals surface area contributed by atoms with Gasteiger partial charge in [0.2, 0.25) is 5.91 Å². The van der Waals surface area contributed by atoms with Crippen LogP contribution < -0.4 is 10.9 Å². The summed E-state index contributed by atoms with van der Waals surface area (Å²) < 4.78 is 9.51. The van der Waals surface area contributed by atoms with Gasteiger partial charge in [0.25, 0.3) is 5.56 Å². The number of carbonyl (C=O) groups excluding carboxylic acids is 1. The number of amides is 1. The van der Waals surface area contributed by atoms with Gasteiger partial charge in [-0.15, -0.1) is 10.2 Å². The summed E-state index contributed by atoms with van der Waals surface area (Å²) in [6.07, 6.45) is 0. The highest BCUT2D eigenvalue weighted by Crippen LogP contribution is 2.61. The molecule has 1 aromatic rings. The number of aromatic amines is 1. The minimum absolute atomic E-state index is 0.209. The molecule has 11 heteroatoms. The maximum atomic E-state index is 11.4. The zero-order valence-corrected chi connectivity index (χ0v) is 13.4. The highest BCUT2D eigenvalue weighted by atomic mass is 36.0. The first-order valence-corrected chi connectivity index (χ1v) is 9.32. The molecule has 0 saturated heterocycles. The molecule has 0 saturated carbocycles. The van der Waals surface area contributed by atoms with E-state index in [1.54, 1.807) is 13.8 Å². The van der Waals surface area contributed by atoms with Crippen LogP contribution in [0.2, 0.25) is 0 Å². The van der Waals surface area contributed by atoms with Crippen LogP contribution in [0.25, 0.3) is 0 Å². The Morgan fingerprint density at radius 3 is 2.21 bits per heavy atom. The van der Waals surface area contributed by atoms with Crippen molar-refractivity contribution >= 4 is 44.8 Å². The zero-order valence-electron chi connectivity index (χ0n) is 10.3. The van der Waals surface area contributed by atoms with Crippen molar-refractivity contribution in [3.8, 4) is 0 Å².